The van der Waals surface area contributed by atoms with Crippen LogP contribution in [0.15, 0.2) is 29.3 Å². The summed E-state index contributed by atoms with van der Waals surface area (Å²) < 4.78 is 26.9. The van der Waals surface area contributed by atoms with Crippen molar-refractivity contribution in [3.8, 4) is 11.1 Å². The molecule has 0 aliphatic rings. The number of aryl methyl sites for hydroxylation is 2. The van der Waals surface area contributed by atoms with E-state index in [2.05, 4.69) is 14.7 Å². The van der Waals surface area contributed by atoms with Gasteiger partial charge in [0, 0.05) is 18.3 Å². The van der Waals surface area contributed by atoms with Crippen LogP contribution in [0.5, 0.6) is 0 Å². The van der Waals surface area contributed by atoms with Crippen molar-refractivity contribution < 1.29 is 13.5 Å². The molecule has 2 rings (SSSR count). The van der Waals surface area contributed by atoms with Gasteiger partial charge in [0.05, 0.1) is 17.2 Å². The van der Waals surface area contributed by atoms with Gasteiger partial charge in [-0.3, -0.25) is 0 Å². The van der Waals surface area contributed by atoms with Crippen LogP contribution in [-0.4, -0.2) is 36.6 Å². The molecule has 118 valence electrons. The van der Waals surface area contributed by atoms with Gasteiger partial charge in [-0.1, -0.05) is 12.1 Å². The van der Waals surface area contributed by atoms with Crippen molar-refractivity contribution in [2.24, 2.45) is 0 Å². The molecule has 22 heavy (non-hydrogen) atoms. The van der Waals surface area contributed by atoms with E-state index < -0.39 is 10.0 Å². The van der Waals surface area contributed by atoms with E-state index in [9.17, 15) is 8.42 Å². The third-order valence-electron chi connectivity index (χ3n) is 3.19. The van der Waals surface area contributed by atoms with Crippen molar-refractivity contribution in [3.05, 3.63) is 35.7 Å². The number of anilines is 1. The number of nitrogens with zero attached hydrogens (tertiary/aromatic N) is 2. The third-order valence-corrected chi connectivity index (χ3v) is 4.79. The number of hydrogen-bond donors (Lipinski definition) is 3. The van der Waals surface area contributed by atoms with Crippen LogP contribution >= 0.6 is 0 Å². The zero-order chi connectivity index (χ0) is 16.3. The van der Waals surface area contributed by atoms with Gasteiger partial charge in [0.25, 0.3) is 0 Å². The second kappa shape index (κ2) is 6.39. The van der Waals surface area contributed by atoms with Crippen molar-refractivity contribution in [1.29, 1.82) is 0 Å². The lowest BCUT2D eigenvalue weighted by Gasteiger charge is -2.11. The molecule has 0 aliphatic heterocycles. The summed E-state index contributed by atoms with van der Waals surface area (Å²) in [5, 5.41) is 8.79. The van der Waals surface area contributed by atoms with Crippen LogP contribution in [0.3, 0.4) is 0 Å². The predicted octanol–water partition coefficient (Wildman–Crippen LogP) is 0.613. The summed E-state index contributed by atoms with van der Waals surface area (Å²) in [6.45, 7) is 3.20. The number of benzene rings is 1. The summed E-state index contributed by atoms with van der Waals surface area (Å²) in [5.74, 6) is 0.172. The minimum absolute atomic E-state index is 0.0317. The Bertz CT molecular complexity index is 791. The Labute approximate surface area is 129 Å². The molecule has 0 amide bonds. The maximum atomic E-state index is 12.3. The molecule has 2 aromatic rings. The zero-order valence-corrected chi connectivity index (χ0v) is 13.2. The van der Waals surface area contributed by atoms with E-state index in [1.54, 1.807) is 32.2 Å². The molecule has 7 nitrogen and oxygen atoms in total. The van der Waals surface area contributed by atoms with Crippen molar-refractivity contribution in [2.45, 2.75) is 18.7 Å². The first kappa shape index (κ1) is 16.3. The molecule has 0 bridgehead atoms. The standard InChI is InChI=1S/C14H18N4O3S/c1-9-3-4-11(12-8-16-14(15)18-10(12)2)7-13(9)22(20,21)17-5-6-19/h3-4,7-8,17,19H,5-6H2,1-2H3,(H2,15,16,18). The lowest BCUT2D eigenvalue weighted by Crippen LogP contribution is -2.27. The number of rotatable bonds is 5. The average molecular weight is 322 g/mol. The van der Waals surface area contributed by atoms with Crippen LogP contribution in [0.4, 0.5) is 5.95 Å². The first-order valence-electron chi connectivity index (χ1n) is 6.66. The average Bonchev–Trinajstić information content (AvgIpc) is 2.46. The maximum Gasteiger partial charge on any atom is 0.240 e. The van der Waals surface area contributed by atoms with Gasteiger partial charge in [-0.15, -0.1) is 0 Å². The molecule has 1 aromatic heterocycles. The van der Waals surface area contributed by atoms with Crippen molar-refractivity contribution in [3.63, 3.8) is 0 Å². The first-order chi connectivity index (χ1) is 10.3. The molecular weight excluding hydrogens is 304 g/mol. The zero-order valence-electron chi connectivity index (χ0n) is 12.4. The molecule has 0 aliphatic carbocycles. The number of aliphatic hydroxyl groups excluding tert-OH is 1. The van der Waals surface area contributed by atoms with Gasteiger partial charge in [-0.05, 0) is 31.0 Å². The Kier molecular flexibility index (Phi) is 4.74. The molecule has 0 saturated heterocycles. The van der Waals surface area contributed by atoms with Gasteiger partial charge >= 0.3 is 0 Å². The number of sulfonamides is 1. The highest BCUT2D eigenvalue weighted by Gasteiger charge is 2.17. The summed E-state index contributed by atoms with van der Waals surface area (Å²) in [6, 6.07) is 5.10. The van der Waals surface area contributed by atoms with Crippen LogP contribution in [0.2, 0.25) is 0 Å². The van der Waals surface area contributed by atoms with Gasteiger partial charge in [-0.2, -0.15) is 0 Å². The van der Waals surface area contributed by atoms with Crippen LogP contribution in [-0.2, 0) is 10.0 Å². The molecule has 8 heteroatoms. The van der Waals surface area contributed by atoms with E-state index in [1.807, 2.05) is 6.07 Å². The Morgan fingerprint density at radius 2 is 2.05 bits per heavy atom. The van der Waals surface area contributed by atoms with Crippen LogP contribution in [0, 0.1) is 13.8 Å². The van der Waals surface area contributed by atoms with E-state index in [1.165, 1.54) is 0 Å². The molecule has 1 aromatic carbocycles. The highest BCUT2D eigenvalue weighted by atomic mass is 32.2. The number of aliphatic hydroxyl groups is 1. The van der Waals surface area contributed by atoms with Crippen molar-refractivity contribution in [2.75, 3.05) is 18.9 Å². The van der Waals surface area contributed by atoms with E-state index >= 15 is 0 Å². The lowest BCUT2D eigenvalue weighted by molar-refractivity contribution is 0.301. The van der Waals surface area contributed by atoms with Crippen molar-refractivity contribution >= 4 is 16.0 Å². The Morgan fingerprint density at radius 3 is 2.68 bits per heavy atom. The third kappa shape index (κ3) is 3.41. The Morgan fingerprint density at radius 1 is 1.32 bits per heavy atom. The molecule has 0 spiro atoms. The molecule has 0 radical (unpaired) electrons. The largest absolute Gasteiger partial charge is 0.395 e. The number of nitrogens with two attached hydrogens (primary N) is 1. The summed E-state index contributed by atoms with van der Waals surface area (Å²) in [5.41, 5.74) is 8.22. The second-order valence-electron chi connectivity index (χ2n) is 4.83. The van der Waals surface area contributed by atoms with Gasteiger partial charge in [-0.25, -0.2) is 23.1 Å². The van der Waals surface area contributed by atoms with Gasteiger partial charge < -0.3 is 10.8 Å². The maximum absolute atomic E-state index is 12.3. The summed E-state index contributed by atoms with van der Waals surface area (Å²) >= 11 is 0. The van der Waals surface area contributed by atoms with Crippen molar-refractivity contribution in [1.82, 2.24) is 14.7 Å². The number of nitrogens with one attached hydrogen (secondary N) is 1. The lowest BCUT2D eigenvalue weighted by atomic mass is 10.0. The van der Waals surface area contributed by atoms with E-state index in [4.69, 9.17) is 10.8 Å². The summed E-state index contributed by atoms with van der Waals surface area (Å²) in [4.78, 5) is 8.19. The normalized spacial score (nSPS) is 11.6. The van der Waals surface area contributed by atoms with Crippen LogP contribution in [0.25, 0.3) is 11.1 Å². The molecule has 0 fully saturated rings. The summed E-state index contributed by atoms with van der Waals surface area (Å²) in [7, 11) is -3.68. The van der Waals surface area contributed by atoms with E-state index in [-0.39, 0.29) is 24.0 Å². The quantitative estimate of drug-likeness (QED) is 0.742. The summed E-state index contributed by atoms with van der Waals surface area (Å²) in [6.07, 6.45) is 1.57. The van der Waals surface area contributed by atoms with Gasteiger partial charge in [0.2, 0.25) is 16.0 Å². The van der Waals surface area contributed by atoms with Crippen LogP contribution in [0.1, 0.15) is 11.3 Å². The minimum atomic E-state index is -3.68. The first-order valence-corrected chi connectivity index (χ1v) is 8.14. The van der Waals surface area contributed by atoms with E-state index in [0.29, 0.717) is 22.4 Å². The Balaban J connectivity index is 2.51. The van der Waals surface area contributed by atoms with Gasteiger partial charge in [0.1, 0.15) is 0 Å². The highest BCUT2D eigenvalue weighted by Crippen LogP contribution is 2.26. The fourth-order valence-corrected chi connectivity index (χ4v) is 3.37. The molecule has 4 N–H and O–H groups in total. The molecule has 0 unspecified atom stereocenters. The van der Waals surface area contributed by atoms with Crippen LogP contribution < -0.4 is 10.5 Å². The molecule has 0 atom stereocenters. The number of aromatic nitrogens is 2. The topological polar surface area (TPSA) is 118 Å². The SMILES string of the molecule is Cc1ccc(-c2cnc(N)nc2C)cc1S(=O)(=O)NCCO. The number of nitrogen functional groups attached to an aromatic ring is 1. The molecular formula is C14H18N4O3S. The fraction of sp³-hybridized carbons (Fsp3) is 0.286. The monoisotopic (exact) mass is 322 g/mol. The van der Waals surface area contributed by atoms with E-state index in [0.717, 1.165) is 0 Å². The minimum Gasteiger partial charge on any atom is -0.395 e. The number of hydrogen-bond acceptors (Lipinski definition) is 6. The molecule has 0 saturated carbocycles. The smallest absolute Gasteiger partial charge is 0.240 e. The predicted molar refractivity (Wildman–Crippen MR) is 83.6 cm³/mol. The molecule has 1 heterocycles. The Hall–Kier alpha value is -2.03. The fourth-order valence-electron chi connectivity index (χ4n) is 2.08. The van der Waals surface area contributed by atoms with Gasteiger partial charge in [0.15, 0.2) is 0 Å². The highest BCUT2D eigenvalue weighted by molar-refractivity contribution is 7.89. The second-order valence-corrected chi connectivity index (χ2v) is 6.56.